The van der Waals surface area contributed by atoms with Crippen molar-refractivity contribution in [2.24, 2.45) is 0 Å². The maximum atomic E-state index is 14.0. The number of nitro groups is 1. The van der Waals surface area contributed by atoms with Gasteiger partial charge < -0.3 is 4.74 Å². The van der Waals surface area contributed by atoms with Crippen LogP contribution in [0.15, 0.2) is 72.8 Å². The molecule has 0 N–H and O–H groups in total. The molecule has 0 unspecified atom stereocenters. The summed E-state index contributed by atoms with van der Waals surface area (Å²) in [6, 6.07) is 19.3. The monoisotopic (exact) mass is 457 g/mol. The van der Waals surface area contributed by atoms with Crippen LogP contribution in [0.25, 0.3) is 0 Å². The molecule has 5 rings (SSSR count). The molecule has 2 aliphatic heterocycles. The Morgan fingerprint density at radius 1 is 1.12 bits per heavy atom. The highest BCUT2D eigenvalue weighted by atomic mass is 16.6. The minimum absolute atomic E-state index is 0.0809. The molecule has 2 heterocycles. The van der Waals surface area contributed by atoms with Crippen LogP contribution < -0.4 is 9.64 Å². The number of aryl methyl sites for hydroxylation is 1. The van der Waals surface area contributed by atoms with E-state index in [-0.39, 0.29) is 11.3 Å². The molecule has 172 valence electrons. The van der Waals surface area contributed by atoms with Gasteiger partial charge in [0, 0.05) is 35.4 Å². The number of imide groups is 1. The number of carbonyl (C=O) groups is 2. The number of rotatable bonds is 4. The van der Waals surface area contributed by atoms with E-state index in [1.54, 1.807) is 0 Å². The van der Waals surface area contributed by atoms with Gasteiger partial charge >= 0.3 is 6.03 Å². The Morgan fingerprint density at radius 3 is 2.65 bits per heavy atom. The van der Waals surface area contributed by atoms with Crippen LogP contribution in [-0.2, 0) is 6.42 Å². The number of nitrogens with zero attached hydrogens (tertiary/aromatic N) is 3. The number of ether oxygens (including phenoxy) is 1. The summed E-state index contributed by atoms with van der Waals surface area (Å²) >= 11 is 0. The highest BCUT2D eigenvalue weighted by Crippen LogP contribution is 2.49. The maximum absolute atomic E-state index is 14.0. The Labute approximate surface area is 196 Å². The summed E-state index contributed by atoms with van der Waals surface area (Å²) in [4.78, 5) is 41.2. The van der Waals surface area contributed by atoms with Gasteiger partial charge in [-0.2, -0.15) is 0 Å². The van der Waals surface area contributed by atoms with Crippen LogP contribution in [0.4, 0.5) is 16.2 Å². The Morgan fingerprint density at radius 2 is 1.88 bits per heavy atom. The molecule has 3 aromatic rings. The fourth-order valence-electron chi connectivity index (χ4n) is 4.83. The lowest BCUT2D eigenvalue weighted by Crippen LogP contribution is -2.67. The minimum Gasteiger partial charge on any atom is -0.467 e. The predicted molar refractivity (Wildman–Crippen MR) is 126 cm³/mol. The number of benzene rings is 3. The molecule has 2 bridgehead atoms. The molecule has 8 heteroatoms. The zero-order valence-electron chi connectivity index (χ0n) is 18.8. The first kappa shape index (κ1) is 21.6. The number of non-ortho nitro benzene ring substituents is 1. The molecular weight excluding hydrogens is 434 g/mol. The molecule has 0 aliphatic carbocycles. The normalized spacial score (nSPS) is 21.0. The van der Waals surface area contributed by atoms with Gasteiger partial charge in [0.05, 0.1) is 11.0 Å². The number of hydrogen-bond donors (Lipinski definition) is 0. The Bertz CT molecular complexity index is 1320. The van der Waals surface area contributed by atoms with Crippen molar-refractivity contribution in [2.45, 2.75) is 38.5 Å². The van der Waals surface area contributed by atoms with Gasteiger partial charge in [0.15, 0.2) is 5.72 Å². The van der Waals surface area contributed by atoms with Crippen LogP contribution in [0.2, 0.25) is 0 Å². The number of anilines is 1. The van der Waals surface area contributed by atoms with Crippen LogP contribution >= 0.6 is 0 Å². The molecule has 0 spiro atoms. The van der Waals surface area contributed by atoms with Gasteiger partial charge in [0.2, 0.25) is 0 Å². The van der Waals surface area contributed by atoms with Gasteiger partial charge in [0.1, 0.15) is 5.75 Å². The van der Waals surface area contributed by atoms with Crippen molar-refractivity contribution < 1.29 is 19.2 Å². The Hall–Kier alpha value is -4.20. The number of nitro benzene ring substituents is 1. The largest absolute Gasteiger partial charge is 0.467 e. The van der Waals surface area contributed by atoms with Crippen molar-refractivity contribution >= 4 is 23.3 Å². The first-order valence-corrected chi connectivity index (χ1v) is 11.1. The second-order valence-electron chi connectivity index (χ2n) is 8.66. The fraction of sp³-hybridized carbons (Fsp3) is 0.231. The summed E-state index contributed by atoms with van der Waals surface area (Å²) in [7, 11) is 0. The van der Waals surface area contributed by atoms with Crippen LogP contribution in [0, 0.1) is 10.1 Å². The van der Waals surface area contributed by atoms with E-state index in [2.05, 4.69) is 0 Å². The molecular formula is C26H23N3O5. The highest BCUT2D eigenvalue weighted by Gasteiger charge is 2.55. The second-order valence-corrected chi connectivity index (χ2v) is 8.66. The number of amides is 3. The summed E-state index contributed by atoms with van der Waals surface area (Å²) < 4.78 is 6.36. The summed E-state index contributed by atoms with van der Waals surface area (Å²) in [5.41, 5.74) is 1.26. The molecule has 0 radical (unpaired) electrons. The van der Waals surface area contributed by atoms with Crippen molar-refractivity contribution in [1.82, 2.24) is 4.90 Å². The molecule has 2 atom stereocenters. The van der Waals surface area contributed by atoms with Gasteiger partial charge in [-0.15, -0.1) is 0 Å². The van der Waals surface area contributed by atoms with Crippen LogP contribution in [0.3, 0.4) is 0 Å². The average molecular weight is 457 g/mol. The lowest BCUT2D eigenvalue weighted by Gasteiger charge is -2.53. The van der Waals surface area contributed by atoms with Gasteiger partial charge in [-0.05, 0) is 43.2 Å². The van der Waals surface area contributed by atoms with Crippen LogP contribution in [0.1, 0.15) is 47.8 Å². The molecule has 34 heavy (non-hydrogen) atoms. The topological polar surface area (TPSA) is 93.0 Å². The first-order valence-electron chi connectivity index (χ1n) is 11.1. The van der Waals surface area contributed by atoms with Crippen LogP contribution in [-0.4, -0.2) is 27.5 Å². The van der Waals surface area contributed by atoms with Gasteiger partial charge in [-0.1, -0.05) is 43.3 Å². The number of fused-ring (bicyclic) bond motifs is 4. The van der Waals surface area contributed by atoms with Crippen LogP contribution in [0.5, 0.6) is 5.75 Å². The minimum atomic E-state index is -1.01. The molecule has 1 fully saturated rings. The smallest absolute Gasteiger partial charge is 0.335 e. The quantitative estimate of drug-likeness (QED) is 0.382. The van der Waals surface area contributed by atoms with E-state index in [1.165, 1.54) is 34.1 Å². The van der Waals surface area contributed by atoms with Crippen molar-refractivity contribution in [3.05, 3.63) is 99.6 Å². The summed E-state index contributed by atoms with van der Waals surface area (Å²) in [6.45, 7) is 3.88. The third-order valence-electron chi connectivity index (χ3n) is 6.46. The lowest BCUT2D eigenvalue weighted by molar-refractivity contribution is -0.384. The third-order valence-corrected chi connectivity index (χ3v) is 6.46. The van der Waals surface area contributed by atoms with E-state index >= 15 is 0 Å². The molecule has 0 aromatic heterocycles. The van der Waals surface area contributed by atoms with E-state index in [4.69, 9.17) is 4.74 Å². The molecule has 0 saturated carbocycles. The molecule has 2 aliphatic rings. The lowest BCUT2D eigenvalue weighted by atomic mass is 9.88. The SMILES string of the molecule is CCc1cccc(N2C(=O)N(C(=O)c3cccc([N+](=O)[O-])c3)[C@@H]3C[C@@]2(C)Oc2ccccc23)c1. The number of para-hydroxylation sites is 1. The number of hydrogen-bond acceptors (Lipinski definition) is 5. The van der Waals surface area contributed by atoms with Gasteiger partial charge in [-0.25, -0.2) is 4.79 Å². The second kappa shape index (κ2) is 7.98. The third kappa shape index (κ3) is 3.39. The van der Waals surface area contributed by atoms with E-state index in [9.17, 15) is 19.7 Å². The zero-order valence-corrected chi connectivity index (χ0v) is 18.8. The van der Waals surface area contributed by atoms with E-state index in [0.717, 1.165) is 17.5 Å². The summed E-state index contributed by atoms with van der Waals surface area (Å²) in [5, 5.41) is 11.3. The molecule has 3 aromatic carbocycles. The van der Waals surface area contributed by atoms with Crippen molar-refractivity contribution in [3.63, 3.8) is 0 Å². The molecule has 1 saturated heterocycles. The van der Waals surface area contributed by atoms with E-state index in [1.807, 2.05) is 62.4 Å². The van der Waals surface area contributed by atoms with Crippen molar-refractivity contribution in [1.29, 1.82) is 0 Å². The summed E-state index contributed by atoms with van der Waals surface area (Å²) in [5.74, 6) is 0.0105. The Balaban J connectivity index is 1.66. The molecule has 8 nitrogen and oxygen atoms in total. The van der Waals surface area contributed by atoms with Crippen molar-refractivity contribution in [3.8, 4) is 5.75 Å². The van der Waals surface area contributed by atoms with E-state index < -0.39 is 28.6 Å². The standard InChI is InChI=1S/C26H23N3O5/c1-3-17-8-6-10-19(14-17)28-25(31)27(24(30)18-9-7-11-20(15-18)29(32)33)22-16-26(28,2)34-23-13-5-4-12-21(22)23/h4-15,22H,3,16H2,1-2H3/t22-,26-/m1/s1. The molecule has 3 amide bonds. The van der Waals surface area contributed by atoms with Crippen molar-refractivity contribution in [2.75, 3.05) is 4.90 Å². The van der Waals surface area contributed by atoms with Gasteiger partial charge in [0.25, 0.3) is 11.6 Å². The first-order chi connectivity index (χ1) is 16.3. The highest BCUT2D eigenvalue weighted by molar-refractivity contribution is 6.10. The zero-order chi connectivity index (χ0) is 24.0. The fourth-order valence-corrected chi connectivity index (χ4v) is 4.83. The van der Waals surface area contributed by atoms with Gasteiger partial charge in [-0.3, -0.25) is 24.7 Å². The Kier molecular flexibility index (Phi) is 5.08. The number of urea groups is 1. The average Bonchev–Trinajstić information content (AvgIpc) is 2.83. The predicted octanol–water partition coefficient (Wildman–Crippen LogP) is 5.48. The van der Waals surface area contributed by atoms with E-state index in [0.29, 0.717) is 17.9 Å². The summed E-state index contributed by atoms with van der Waals surface area (Å²) in [6.07, 6.45) is 1.14. The number of carbonyl (C=O) groups excluding carboxylic acids is 2. The maximum Gasteiger partial charge on any atom is 0.335 e.